The number of rotatable bonds is 5. The van der Waals surface area contributed by atoms with E-state index >= 15 is 0 Å². The smallest absolute Gasteiger partial charge is 0.267 e. The summed E-state index contributed by atoms with van der Waals surface area (Å²) >= 11 is 0. The van der Waals surface area contributed by atoms with Gasteiger partial charge in [0.2, 0.25) is 5.91 Å². The Hall–Kier alpha value is -2.04. The van der Waals surface area contributed by atoms with Crippen molar-refractivity contribution in [2.75, 3.05) is 16.8 Å². The fraction of sp³-hybridized carbons (Fsp3) is 0.529. The largest absolute Gasteiger partial charge is 0.479 e. The highest BCUT2D eigenvalue weighted by molar-refractivity contribution is 6.00. The minimum Gasteiger partial charge on any atom is -0.479 e. The standard InChI is InChI=1S/C17H24N2O3/c1-5-12(6-2)16(20)18-13-8-9-14-15(10-13)22-11(4)17(21)19(14)7-3/h8-12H,5-7H2,1-4H3,(H,18,20). The number of hydrogen-bond acceptors (Lipinski definition) is 3. The van der Waals surface area contributed by atoms with Crippen molar-refractivity contribution in [3.05, 3.63) is 18.2 Å². The van der Waals surface area contributed by atoms with Crippen LogP contribution in [-0.2, 0) is 9.59 Å². The lowest BCUT2D eigenvalue weighted by molar-refractivity contribution is -0.125. The van der Waals surface area contributed by atoms with Crippen molar-refractivity contribution >= 4 is 23.2 Å². The van der Waals surface area contributed by atoms with Gasteiger partial charge in [-0.15, -0.1) is 0 Å². The number of carbonyl (C=O) groups is 2. The quantitative estimate of drug-likeness (QED) is 0.909. The molecular weight excluding hydrogens is 280 g/mol. The minimum absolute atomic E-state index is 0.0181. The first-order chi connectivity index (χ1) is 10.5. The van der Waals surface area contributed by atoms with Crippen LogP contribution < -0.4 is 15.0 Å². The van der Waals surface area contributed by atoms with Gasteiger partial charge in [-0.05, 0) is 38.8 Å². The SMILES string of the molecule is CCC(CC)C(=O)Nc1ccc2c(c1)OC(C)C(=O)N2CC. The summed E-state index contributed by atoms with van der Waals surface area (Å²) in [6, 6.07) is 5.43. The molecule has 0 spiro atoms. The van der Waals surface area contributed by atoms with Crippen molar-refractivity contribution in [2.24, 2.45) is 5.92 Å². The van der Waals surface area contributed by atoms with Crippen LogP contribution in [0.5, 0.6) is 5.75 Å². The van der Waals surface area contributed by atoms with E-state index in [1.165, 1.54) is 0 Å². The van der Waals surface area contributed by atoms with E-state index in [9.17, 15) is 9.59 Å². The number of nitrogens with zero attached hydrogens (tertiary/aromatic N) is 1. The van der Waals surface area contributed by atoms with Crippen LogP contribution in [0.15, 0.2) is 18.2 Å². The van der Waals surface area contributed by atoms with Gasteiger partial charge in [-0.3, -0.25) is 9.59 Å². The van der Waals surface area contributed by atoms with Crippen molar-refractivity contribution in [1.29, 1.82) is 0 Å². The van der Waals surface area contributed by atoms with Crippen LogP contribution in [0, 0.1) is 5.92 Å². The summed E-state index contributed by atoms with van der Waals surface area (Å²) in [5.41, 5.74) is 1.46. The first-order valence-corrected chi connectivity index (χ1v) is 7.94. The van der Waals surface area contributed by atoms with E-state index in [1.807, 2.05) is 32.9 Å². The van der Waals surface area contributed by atoms with Crippen molar-refractivity contribution in [2.45, 2.75) is 46.6 Å². The van der Waals surface area contributed by atoms with Gasteiger partial charge in [0.15, 0.2) is 6.10 Å². The molecule has 0 aliphatic carbocycles. The number of fused-ring (bicyclic) bond motifs is 1. The van der Waals surface area contributed by atoms with Crippen LogP contribution in [-0.4, -0.2) is 24.5 Å². The molecule has 1 heterocycles. The third-order valence-electron chi connectivity index (χ3n) is 4.11. The van der Waals surface area contributed by atoms with Gasteiger partial charge in [-0.25, -0.2) is 0 Å². The van der Waals surface area contributed by atoms with E-state index in [2.05, 4.69) is 5.32 Å². The summed E-state index contributed by atoms with van der Waals surface area (Å²) in [5, 5.41) is 2.93. The maximum atomic E-state index is 12.2. The number of ether oxygens (including phenoxy) is 1. The number of likely N-dealkylation sites (N-methyl/N-ethyl adjacent to an activating group) is 1. The second-order valence-electron chi connectivity index (χ2n) is 5.53. The molecule has 5 nitrogen and oxygen atoms in total. The predicted molar refractivity (Wildman–Crippen MR) is 87.3 cm³/mol. The first kappa shape index (κ1) is 16.3. The zero-order valence-electron chi connectivity index (χ0n) is 13.7. The molecule has 1 aromatic rings. The van der Waals surface area contributed by atoms with E-state index in [1.54, 1.807) is 17.9 Å². The molecule has 1 aliphatic rings. The molecule has 120 valence electrons. The number of carbonyl (C=O) groups excluding carboxylic acids is 2. The highest BCUT2D eigenvalue weighted by Gasteiger charge is 2.30. The molecule has 0 saturated carbocycles. The molecule has 2 rings (SSSR count). The number of nitrogens with one attached hydrogen (secondary N) is 1. The van der Waals surface area contributed by atoms with Gasteiger partial charge in [-0.2, -0.15) is 0 Å². The Labute approximate surface area is 131 Å². The molecule has 0 saturated heterocycles. The topological polar surface area (TPSA) is 58.6 Å². The molecule has 1 atom stereocenters. The second kappa shape index (κ2) is 6.81. The van der Waals surface area contributed by atoms with Crippen molar-refractivity contribution in [1.82, 2.24) is 0 Å². The van der Waals surface area contributed by atoms with Gasteiger partial charge >= 0.3 is 0 Å². The lowest BCUT2D eigenvalue weighted by Gasteiger charge is -2.32. The number of hydrogen-bond donors (Lipinski definition) is 1. The maximum absolute atomic E-state index is 12.2. The highest BCUT2D eigenvalue weighted by Crippen LogP contribution is 2.36. The van der Waals surface area contributed by atoms with Crippen molar-refractivity contribution < 1.29 is 14.3 Å². The summed E-state index contributed by atoms with van der Waals surface area (Å²) in [5.74, 6) is 0.641. The molecule has 0 bridgehead atoms. The summed E-state index contributed by atoms with van der Waals surface area (Å²) in [7, 11) is 0. The van der Waals surface area contributed by atoms with Crippen LogP contribution in [0.3, 0.4) is 0 Å². The minimum atomic E-state index is -0.502. The number of amides is 2. The average molecular weight is 304 g/mol. The van der Waals surface area contributed by atoms with Crippen LogP contribution in [0.2, 0.25) is 0 Å². The molecule has 22 heavy (non-hydrogen) atoms. The molecule has 1 unspecified atom stereocenters. The highest BCUT2D eigenvalue weighted by atomic mass is 16.5. The van der Waals surface area contributed by atoms with Gasteiger partial charge in [0.05, 0.1) is 5.69 Å². The molecule has 1 aromatic carbocycles. The Morgan fingerprint density at radius 2 is 2.00 bits per heavy atom. The van der Waals surface area contributed by atoms with E-state index in [-0.39, 0.29) is 17.7 Å². The number of anilines is 2. The Balaban J connectivity index is 2.23. The molecule has 5 heteroatoms. The third-order valence-corrected chi connectivity index (χ3v) is 4.11. The monoisotopic (exact) mass is 304 g/mol. The summed E-state index contributed by atoms with van der Waals surface area (Å²) in [6.07, 6.45) is 1.13. The molecule has 1 N–H and O–H groups in total. The lowest BCUT2D eigenvalue weighted by atomic mass is 10.0. The summed E-state index contributed by atoms with van der Waals surface area (Å²) < 4.78 is 5.67. The van der Waals surface area contributed by atoms with E-state index < -0.39 is 6.10 Å². The summed E-state index contributed by atoms with van der Waals surface area (Å²) in [4.78, 5) is 25.9. The zero-order chi connectivity index (χ0) is 16.3. The fourth-order valence-corrected chi connectivity index (χ4v) is 2.72. The Bertz CT molecular complexity index is 567. The van der Waals surface area contributed by atoms with Gasteiger partial charge in [0, 0.05) is 24.2 Å². The maximum Gasteiger partial charge on any atom is 0.267 e. The van der Waals surface area contributed by atoms with Gasteiger partial charge in [0.25, 0.3) is 5.91 Å². The summed E-state index contributed by atoms with van der Waals surface area (Å²) in [6.45, 7) is 8.29. The van der Waals surface area contributed by atoms with E-state index in [4.69, 9.17) is 4.74 Å². The Morgan fingerprint density at radius 1 is 1.32 bits per heavy atom. The van der Waals surface area contributed by atoms with E-state index in [0.29, 0.717) is 18.0 Å². The molecule has 0 radical (unpaired) electrons. The molecule has 0 aromatic heterocycles. The normalized spacial score (nSPS) is 17.2. The number of benzene rings is 1. The van der Waals surface area contributed by atoms with Gasteiger partial charge in [0.1, 0.15) is 5.75 Å². The molecule has 0 fully saturated rings. The van der Waals surface area contributed by atoms with Crippen LogP contribution in [0.4, 0.5) is 11.4 Å². The van der Waals surface area contributed by atoms with Crippen LogP contribution in [0.1, 0.15) is 40.5 Å². The average Bonchev–Trinajstić information content (AvgIpc) is 2.50. The zero-order valence-corrected chi connectivity index (χ0v) is 13.7. The Kier molecular flexibility index (Phi) is 5.06. The second-order valence-corrected chi connectivity index (χ2v) is 5.53. The Morgan fingerprint density at radius 3 is 2.59 bits per heavy atom. The van der Waals surface area contributed by atoms with E-state index in [0.717, 1.165) is 18.5 Å². The first-order valence-electron chi connectivity index (χ1n) is 7.94. The van der Waals surface area contributed by atoms with Crippen LogP contribution >= 0.6 is 0 Å². The lowest BCUT2D eigenvalue weighted by Crippen LogP contribution is -2.44. The van der Waals surface area contributed by atoms with Crippen molar-refractivity contribution in [3.8, 4) is 5.75 Å². The molecular formula is C17H24N2O3. The van der Waals surface area contributed by atoms with Gasteiger partial charge < -0.3 is 15.0 Å². The third kappa shape index (κ3) is 3.08. The molecule has 1 aliphatic heterocycles. The molecule has 2 amide bonds. The van der Waals surface area contributed by atoms with Crippen LogP contribution in [0.25, 0.3) is 0 Å². The fourth-order valence-electron chi connectivity index (χ4n) is 2.72. The predicted octanol–water partition coefficient (Wildman–Crippen LogP) is 3.20. The van der Waals surface area contributed by atoms with Gasteiger partial charge in [-0.1, -0.05) is 13.8 Å². The van der Waals surface area contributed by atoms with Crippen molar-refractivity contribution in [3.63, 3.8) is 0 Å².